The van der Waals surface area contributed by atoms with E-state index >= 15 is 0 Å². The van der Waals surface area contributed by atoms with Gasteiger partial charge in [-0.15, -0.1) is 0 Å². The number of nitrogens with zero attached hydrogens (tertiary/aromatic N) is 3. The van der Waals surface area contributed by atoms with E-state index in [0.717, 1.165) is 65.6 Å². The highest BCUT2D eigenvalue weighted by molar-refractivity contribution is 8.02. The van der Waals surface area contributed by atoms with E-state index in [0.29, 0.717) is 59.4 Å². The van der Waals surface area contributed by atoms with Gasteiger partial charge in [-0.05, 0) is 157 Å². The summed E-state index contributed by atoms with van der Waals surface area (Å²) < 4.78 is 84.2. The predicted octanol–water partition coefficient (Wildman–Crippen LogP) is 14.1. The SMILES string of the molecule is CC1(C)c2cccc3c2B2c4c1cccc4C(C)(C)c1cccc(c12)C3(C)C.Fc1c(F)c2c3c(c1F)Oc1cccc4c1B3c1c(cccc1S4)O2.c1cc2c3c(c1)Sc1cccc4c1B3c1c(cccc1S4)S2.c1ccc2c(c1)Oc1cccc3c1B2c1ccccc1O3.c1ncc2c3c1Oc1cncc4c1B3c1c(cncc1O4)O2. The lowest BCUT2D eigenvalue weighted by Crippen LogP contribution is -2.71. The number of fused-ring (bicyclic) bond motifs is 4. The fourth-order valence-corrected chi connectivity index (χ4v) is 26.1. The van der Waals surface area contributed by atoms with E-state index in [-0.39, 0.29) is 46.6 Å². The van der Waals surface area contributed by atoms with E-state index in [9.17, 15) is 13.2 Å². The minimum Gasteiger partial charge on any atom is -0.458 e. The molecule has 15 aromatic rings. The third-order valence-corrected chi connectivity index (χ3v) is 30.8. The Bertz CT molecular complexity index is 6220. The summed E-state index contributed by atoms with van der Waals surface area (Å²) in [4.78, 5) is 23.1. The molecule has 0 N–H and O–H groups in total. The molecule has 14 aliphatic rings. The minimum absolute atomic E-state index is 0.00486. The van der Waals surface area contributed by atoms with Crippen LogP contribution in [0.3, 0.4) is 0 Å². The quantitative estimate of drug-likeness (QED) is 0.106. The van der Waals surface area contributed by atoms with E-state index in [1.807, 2.05) is 89.9 Å². The molecule has 0 fully saturated rings. The van der Waals surface area contributed by atoms with E-state index in [4.69, 9.17) is 33.2 Å². The summed E-state index contributed by atoms with van der Waals surface area (Å²) >= 11 is 7.38. The number of ether oxygens (including phenoxy) is 7. The van der Waals surface area contributed by atoms with Gasteiger partial charge < -0.3 is 33.2 Å². The molecule has 118 heavy (non-hydrogen) atoms. The maximum atomic E-state index is 14.4. The lowest BCUT2D eigenvalue weighted by molar-refractivity contribution is 0.368. The Labute approximate surface area is 696 Å². The molecule has 0 atom stereocenters. The van der Waals surface area contributed by atoms with Crippen LogP contribution in [0.25, 0.3) is 0 Å². The van der Waals surface area contributed by atoms with Gasteiger partial charge in [0.05, 0.1) is 37.2 Å². The molecule has 29 rings (SSSR count). The summed E-state index contributed by atoms with van der Waals surface area (Å²) in [7, 11) is 0. The molecule has 12 aromatic carbocycles. The summed E-state index contributed by atoms with van der Waals surface area (Å²) in [5.74, 6) is 3.94. The van der Waals surface area contributed by atoms with E-state index in [1.165, 1.54) is 90.1 Å². The van der Waals surface area contributed by atoms with Gasteiger partial charge in [0.15, 0.2) is 11.5 Å². The van der Waals surface area contributed by atoms with Crippen molar-refractivity contribution in [1.29, 1.82) is 0 Å². The molecule has 0 bridgehead atoms. The molecular formula is C96H59B5F3N3O7S4. The Morgan fingerprint density at radius 2 is 0.458 bits per heavy atom. The number of halogens is 3. The number of hydrogen-bond acceptors (Lipinski definition) is 14. The van der Waals surface area contributed by atoms with Gasteiger partial charge in [-0.2, -0.15) is 8.78 Å². The third-order valence-electron chi connectivity index (χ3n) is 26.1. The van der Waals surface area contributed by atoms with Crippen molar-refractivity contribution in [2.24, 2.45) is 0 Å². The number of benzene rings is 12. The maximum Gasteiger partial charge on any atom is 0.270 e. The summed E-state index contributed by atoms with van der Waals surface area (Å²) in [6.07, 6.45) is 10.2. The molecule has 0 unspecified atom stereocenters. The van der Waals surface area contributed by atoms with Crippen LogP contribution in [-0.4, -0.2) is 48.5 Å². The second kappa shape index (κ2) is 24.9. The molecule has 22 heteroatoms. The molecule has 560 valence electrons. The van der Waals surface area contributed by atoms with Gasteiger partial charge in [-0.25, -0.2) is 4.39 Å². The molecule has 0 radical (unpaired) electrons. The molecule has 0 aliphatic carbocycles. The standard InChI is InChI=1S/C27H27B.C18H6BF3O2S.C18H11BO2.C18H9BS3.C15H6BN3O3/c1-25(2)16-10-7-12-18-22(16)28-23-17(25)11-8-13-19(23)27(5,6)21-15-9-14-20(24(21)28)26(18,3)4;20-14-15(21)17-13-18(16(14)22)24-8-4-2-6-10-12(8)19(13)11-7(23-17)3-1-5-9(11)25-10;1-3-8-14-12(6-1)19-13-7-2-4-9-15(13)21-17-11-5-10-16(20-14)18(17)19;1-4-10-16-11(5-1)21-13-7-3-9-15-18(13)19(16)17-12(20-10)6-2-8-14(17)22-15;1-7-13-8(2-17-1)21-11-5-19-6-12-15(11)16(13)14-9(20-7)3-18-4-10(14)22-12/h7-15H,1-6H3;1-6H;1-11H;1-9H;1-6H. The Kier molecular flexibility index (Phi) is 14.6. The van der Waals surface area contributed by atoms with E-state index in [2.05, 4.69) is 190 Å². The molecule has 0 amide bonds. The molecular weight excluding hydrogens is 1550 g/mol. The Balaban J connectivity index is 0.0000000824. The first kappa shape index (κ1) is 69.3. The van der Waals surface area contributed by atoms with Crippen molar-refractivity contribution in [3.8, 4) is 80.5 Å². The number of rotatable bonds is 0. The number of aromatic nitrogens is 3. The highest BCUT2D eigenvalue weighted by Gasteiger charge is 2.56. The Hall–Kier alpha value is -11.8. The average molecular weight is 1610 g/mol. The van der Waals surface area contributed by atoms with Crippen LogP contribution in [0.1, 0.15) is 74.9 Å². The van der Waals surface area contributed by atoms with Crippen molar-refractivity contribution in [2.75, 3.05) is 0 Å². The Morgan fingerprint density at radius 1 is 0.220 bits per heavy atom. The van der Waals surface area contributed by atoms with E-state index in [1.54, 1.807) is 89.6 Å². The highest BCUT2D eigenvalue weighted by atomic mass is 32.2. The first-order valence-corrected chi connectivity index (χ1v) is 42.8. The molecule has 3 aromatic heterocycles. The smallest absolute Gasteiger partial charge is 0.270 e. The third kappa shape index (κ3) is 9.48. The van der Waals surface area contributed by atoms with E-state index < -0.39 is 24.2 Å². The molecule has 14 aliphatic heterocycles. The molecule has 10 nitrogen and oxygen atoms in total. The van der Waals surface area contributed by atoms with Gasteiger partial charge in [0.25, 0.3) is 20.1 Å². The van der Waals surface area contributed by atoms with Crippen LogP contribution in [0, 0.1) is 17.5 Å². The summed E-state index contributed by atoms with van der Waals surface area (Å²) in [5.41, 5.74) is 27.0. The van der Waals surface area contributed by atoms with Gasteiger partial charge in [-0.3, -0.25) is 15.0 Å². The van der Waals surface area contributed by atoms with Gasteiger partial charge in [0.1, 0.15) is 69.0 Å². The van der Waals surface area contributed by atoms with Crippen molar-refractivity contribution >= 4 is 163 Å². The van der Waals surface area contributed by atoms with Crippen molar-refractivity contribution in [1.82, 2.24) is 15.0 Å². The zero-order chi connectivity index (χ0) is 78.8. The number of pyridine rings is 3. The lowest BCUT2D eigenvalue weighted by atomic mass is 9.23. The largest absolute Gasteiger partial charge is 0.458 e. The zero-order valence-electron chi connectivity index (χ0n) is 64.0. The van der Waals surface area contributed by atoms with Crippen LogP contribution in [0.5, 0.6) is 80.5 Å². The average Bonchev–Trinajstić information content (AvgIpc) is 0.664. The fraction of sp³-hybridized carbons (Fsp3) is 0.0938. The van der Waals surface area contributed by atoms with Crippen molar-refractivity contribution in [3.63, 3.8) is 0 Å². The zero-order valence-corrected chi connectivity index (χ0v) is 67.3. The van der Waals surface area contributed by atoms with Gasteiger partial charge in [-0.1, -0.05) is 232 Å². The molecule has 0 spiro atoms. The highest BCUT2D eigenvalue weighted by Crippen LogP contribution is 2.51. The fourth-order valence-electron chi connectivity index (χ4n) is 21.1. The van der Waals surface area contributed by atoms with Gasteiger partial charge in [0.2, 0.25) is 30.9 Å². The summed E-state index contributed by atoms with van der Waals surface area (Å²) in [6, 6.07) is 74.9. The summed E-state index contributed by atoms with van der Waals surface area (Å²) in [5, 5.41) is 0. The number of para-hydroxylation sites is 2. The first-order valence-electron chi connectivity index (χ1n) is 39.5. The van der Waals surface area contributed by atoms with Crippen molar-refractivity contribution < 1.29 is 46.3 Å². The normalized spacial score (nSPS) is 16.0. The summed E-state index contributed by atoms with van der Waals surface area (Å²) in [6.45, 7) is 15.1. The molecule has 0 saturated heterocycles. The van der Waals surface area contributed by atoms with Crippen LogP contribution >= 0.6 is 47.0 Å². The molecule has 17 heterocycles. The van der Waals surface area contributed by atoms with Crippen LogP contribution in [0.4, 0.5) is 13.2 Å². The van der Waals surface area contributed by atoms with Crippen LogP contribution in [0.2, 0.25) is 0 Å². The van der Waals surface area contributed by atoms with Crippen LogP contribution in [-0.2, 0) is 16.2 Å². The molecule has 0 saturated carbocycles. The van der Waals surface area contributed by atoms with Gasteiger partial charge >= 0.3 is 0 Å². The second-order valence-corrected chi connectivity index (χ2v) is 37.5. The van der Waals surface area contributed by atoms with Crippen LogP contribution < -0.4 is 115 Å². The van der Waals surface area contributed by atoms with Crippen molar-refractivity contribution in [2.45, 2.75) is 97.0 Å². The number of hydrogen-bond donors (Lipinski definition) is 0. The maximum absolute atomic E-state index is 14.4. The second-order valence-electron chi connectivity index (χ2n) is 33.2. The minimum atomic E-state index is -1.59. The predicted molar refractivity (Wildman–Crippen MR) is 467 cm³/mol. The lowest BCUT2D eigenvalue weighted by Gasteiger charge is -2.52. The Morgan fingerprint density at radius 3 is 0.797 bits per heavy atom. The van der Waals surface area contributed by atoms with Crippen LogP contribution in [0.15, 0.2) is 289 Å². The van der Waals surface area contributed by atoms with Crippen molar-refractivity contribution in [3.05, 3.63) is 300 Å². The van der Waals surface area contributed by atoms with Gasteiger partial charge in [0, 0.05) is 82.7 Å². The monoisotopic (exact) mass is 1610 g/mol. The topological polar surface area (TPSA) is 103 Å². The first-order chi connectivity index (χ1) is 57.5.